The molecule has 1 unspecified atom stereocenters. The molecule has 1 atom stereocenters. The van der Waals surface area contributed by atoms with E-state index in [0.29, 0.717) is 0 Å². The molecule has 0 spiro atoms. The van der Waals surface area contributed by atoms with Gasteiger partial charge in [-0.3, -0.25) is 19.9 Å². The van der Waals surface area contributed by atoms with Crippen molar-refractivity contribution in [2.75, 3.05) is 6.61 Å². The van der Waals surface area contributed by atoms with Crippen LogP contribution >= 0.6 is 0 Å². The monoisotopic (exact) mass is 301 g/mol. The van der Waals surface area contributed by atoms with Crippen molar-refractivity contribution in [1.82, 2.24) is 10.3 Å². The van der Waals surface area contributed by atoms with E-state index in [4.69, 9.17) is 4.74 Å². The standard InChI is InChI=1S/C15H15N3O4/c1-11(12-6-8-16-9-7-12)17-15(19)10-22-14-5-3-2-4-13(14)18(20)21/h2-9,11H,10H2,1H3,(H,17,19). The summed E-state index contributed by atoms with van der Waals surface area (Å²) >= 11 is 0. The molecule has 1 amide bonds. The lowest BCUT2D eigenvalue weighted by Gasteiger charge is -2.14. The maximum absolute atomic E-state index is 11.9. The van der Waals surface area contributed by atoms with Gasteiger partial charge in [-0.05, 0) is 30.7 Å². The van der Waals surface area contributed by atoms with E-state index in [1.54, 1.807) is 30.6 Å². The van der Waals surface area contributed by atoms with Gasteiger partial charge in [-0.1, -0.05) is 12.1 Å². The molecular weight excluding hydrogens is 286 g/mol. The van der Waals surface area contributed by atoms with Crippen molar-refractivity contribution in [3.05, 3.63) is 64.5 Å². The van der Waals surface area contributed by atoms with Crippen molar-refractivity contribution in [2.45, 2.75) is 13.0 Å². The zero-order valence-electron chi connectivity index (χ0n) is 11.9. The number of nitrogens with one attached hydrogen (secondary N) is 1. The topological polar surface area (TPSA) is 94.4 Å². The second-order valence-electron chi connectivity index (χ2n) is 4.58. The highest BCUT2D eigenvalue weighted by Crippen LogP contribution is 2.25. The molecule has 0 radical (unpaired) electrons. The number of carbonyl (C=O) groups is 1. The Balaban J connectivity index is 1.92. The van der Waals surface area contributed by atoms with E-state index >= 15 is 0 Å². The fourth-order valence-electron chi connectivity index (χ4n) is 1.89. The predicted octanol–water partition coefficient (Wildman–Crippen LogP) is 2.25. The summed E-state index contributed by atoms with van der Waals surface area (Å²) in [5, 5.41) is 13.6. The molecule has 0 bridgehead atoms. The van der Waals surface area contributed by atoms with Gasteiger partial charge in [0, 0.05) is 18.5 Å². The van der Waals surface area contributed by atoms with E-state index in [1.807, 2.05) is 6.92 Å². The number of hydrogen-bond acceptors (Lipinski definition) is 5. The van der Waals surface area contributed by atoms with Crippen LogP contribution in [0.5, 0.6) is 5.75 Å². The van der Waals surface area contributed by atoms with Gasteiger partial charge in [-0.15, -0.1) is 0 Å². The molecule has 7 nitrogen and oxygen atoms in total. The number of para-hydroxylation sites is 2. The largest absolute Gasteiger partial charge is 0.477 e. The highest BCUT2D eigenvalue weighted by atomic mass is 16.6. The number of hydrogen-bond donors (Lipinski definition) is 1. The van der Waals surface area contributed by atoms with E-state index in [1.165, 1.54) is 18.2 Å². The number of ether oxygens (including phenoxy) is 1. The number of nitrogens with zero attached hydrogens (tertiary/aromatic N) is 2. The normalized spacial score (nSPS) is 11.5. The summed E-state index contributed by atoms with van der Waals surface area (Å²) in [7, 11) is 0. The van der Waals surface area contributed by atoms with Crippen LogP contribution in [-0.2, 0) is 4.79 Å². The maximum atomic E-state index is 11.9. The molecule has 7 heteroatoms. The van der Waals surface area contributed by atoms with Crippen LogP contribution in [0.1, 0.15) is 18.5 Å². The molecule has 1 N–H and O–H groups in total. The lowest BCUT2D eigenvalue weighted by atomic mass is 10.1. The molecule has 0 aliphatic rings. The first-order valence-electron chi connectivity index (χ1n) is 6.63. The molecule has 2 rings (SSSR count). The average Bonchev–Trinajstić information content (AvgIpc) is 2.54. The fourth-order valence-corrected chi connectivity index (χ4v) is 1.89. The van der Waals surface area contributed by atoms with Crippen molar-refractivity contribution < 1.29 is 14.5 Å². The molecule has 1 aromatic carbocycles. The number of benzene rings is 1. The maximum Gasteiger partial charge on any atom is 0.310 e. The lowest BCUT2D eigenvalue weighted by Crippen LogP contribution is -2.31. The summed E-state index contributed by atoms with van der Waals surface area (Å²) < 4.78 is 5.23. The summed E-state index contributed by atoms with van der Waals surface area (Å²) in [6, 6.07) is 9.33. The van der Waals surface area contributed by atoms with Crippen LogP contribution in [0.4, 0.5) is 5.69 Å². The van der Waals surface area contributed by atoms with Gasteiger partial charge >= 0.3 is 5.69 Å². The van der Waals surface area contributed by atoms with Gasteiger partial charge < -0.3 is 10.1 Å². The van der Waals surface area contributed by atoms with Gasteiger partial charge in [-0.2, -0.15) is 0 Å². The lowest BCUT2D eigenvalue weighted by molar-refractivity contribution is -0.385. The molecule has 0 fully saturated rings. The summed E-state index contributed by atoms with van der Waals surface area (Å²) in [4.78, 5) is 26.1. The zero-order valence-corrected chi connectivity index (χ0v) is 11.9. The Morgan fingerprint density at radius 1 is 1.32 bits per heavy atom. The number of carbonyl (C=O) groups excluding carboxylic acids is 1. The molecule has 114 valence electrons. The predicted molar refractivity (Wildman–Crippen MR) is 79.4 cm³/mol. The second kappa shape index (κ2) is 7.16. The number of amides is 1. The number of nitro benzene ring substituents is 1. The van der Waals surface area contributed by atoms with Crippen LogP contribution in [0.3, 0.4) is 0 Å². The van der Waals surface area contributed by atoms with Gasteiger partial charge in [0.05, 0.1) is 11.0 Å². The number of nitro groups is 1. The molecule has 1 aromatic heterocycles. The van der Waals surface area contributed by atoms with Crippen molar-refractivity contribution in [3.8, 4) is 5.75 Å². The first kappa shape index (κ1) is 15.4. The fraction of sp³-hybridized carbons (Fsp3) is 0.200. The summed E-state index contributed by atoms with van der Waals surface area (Å²) in [6.07, 6.45) is 3.28. The van der Waals surface area contributed by atoms with E-state index in [-0.39, 0.29) is 30.0 Å². The van der Waals surface area contributed by atoms with E-state index < -0.39 is 4.92 Å². The van der Waals surface area contributed by atoms with Crippen LogP contribution < -0.4 is 10.1 Å². The Hall–Kier alpha value is -2.96. The van der Waals surface area contributed by atoms with E-state index in [0.717, 1.165) is 5.56 Å². The van der Waals surface area contributed by atoms with Gasteiger partial charge in [0.25, 0.3) is 5.91 Å². The molecule has 22 heavy (non-hydrogen) atoms. The smallest absolute Gasteiger partial charge is 0.310 e. The molecule has 0 aliphatic heterocycles. The Bertz CT molecular complexity index is 661. The van der Waals surface area contributed by atoms with Crippen LogP contribution in [-0.4, -0.2) is 22.4 Å². The van der Waals surface area contributed by atoms with Gasteiger partial charge in [-0.25, -0.2) is 0 Å². The quantitative estimate of drug-likeness (QED) is 0.652. The summed E-state index contributed by atoms with van der Waals surface area (Å²) in [6.45, 7) is 1.54. The SMILES string of the molecule is CC(NC(=O)COc1ccccc1[N+](=O)[O-])c1ccncc1. The first-order chi connectivity index (χ1) is 10.6. The molecular formula is C15H15N3O4. The highest BCUT2D eigenvalue weighted by molar-refractivity contribution is 5.78. The van der Waals surface area contributed by atoms with Crippen LogP contribution in [0.15, 0.2) is 48.8 Å². The molecule has 2 aromatic rings. The van der Waals surface area contributed by atoms with Crippen molar-refractivity contribution in [3.63, 3.8) is 0 Å². The number of aromatic nitrogens is 1. The van der Waals surface area contributed by atoms with Crippen molar-refractivity contribution in [2.24, 2.45) is 0 Å². The van der Waals surface area contributed by atoms with Crippen LogP contribution in [0.25, 0.3) is 0 Å². The second-order valence-corrected chi connectivity index (χ2v) is 4.58. The van der Waals surface area contributed by atoms with E-state index in [2.05, 4.69) is 10.3 Å². The highest BCUT2D eigenvalue weighted by Gasteiger charge is 2.16. The van der Waals surface area contributed by atoms with Crippen molar-refractivity contribution in [1.29, 1.82) is 0 Å². The third-order valence-electron chi connectivity index (χ3n) is 3.00. The van der Waals surface area contributed by atoms with Crippen LogP contribution in [0.2, 0.25) is 0 Å². The van der Waals surface area contributed by atoms with E-state index in [9.17, 15) is 14.9 Å². The number of pyridine rings is 1. The average molecular weight is 301 g/mol. The molecule has 0 saturated carbocycles. The molecule has 0 saturated heterocycles. The zero-order chi connectivity index (χ0) is 15.9. The van der Waals surface area contributed by atoms with Gasteiger partial charge in [0.2, 0.25) is 0 Å². The minimum absolute atomic E-state index is 0.0687. The Morgan fingerprint density at radius 2 is 2.00 bits per heavy atom. The Morgan fingerprint density at radius 3 is 2.68 bits per heavy atom. The van der Waals surface area contributed by atoms with Gasteiger partial charge in [0.1, 0.15) is 0 Å². The minimum Gasteiger partial charge on any atom is -0.477 e. The summed E-state index contributed by atoms with van der Waals surface area (Å²) in [5.41, 5.74) is 0.742. The van der Waals surface area contributed by atoms with Gasteiger partial charge in [0.15, 0.2) is 12.4 Å². The summed E-state index contributed by atoms with van der Waals surface area (Å²) in [5.74, 6) is -0.290. The molecule has 1 heterocycles. The van der Waals surface area contributed by atoms with Crippen molar-refractivity contribution >= 4 is 11.6 Å². The Kier molecular flexibility index (Phi) is 5.02. The Labute approximate surface area is 127 Å². The minimum atomic E-state index is -0.549. The third kappa shape index (κ3) is 4.02. The number of rotatable bonds is 6. The first-order valence-corrected chi connectivity index (χ1v) is 6.63. The third-order valence-corrected chi connectivity index (χ3v) is 3.00. The van der Waals surface area contributed by atoms with Crippen LogP contribution in [0, 0.1) is 10.1 Å². The molecule has 0 aliphatic carbocycles.